The van der Waals surface area contributed by atoms with E-state index in [4.69, 9.17) is 11.6 Å². The summed E-state index contributed by atoms with van der Waals surface area (Å²) in [4.78, 5) is 18.4. The first-order valence-electron chi connectivity index (χ1n) is 6.51. The molecule has 0 aliphatic heterocycles. The summed E-state index contributed by atoms with van der Waals surface area (Å²) in [6.07, 6.45) is 3.21. The molecule has 1 aromatic heterocycles. The first-order chi connectivity index (χ1) is 9.50. The Bertz CT molecular complexity index is 607. The molecule has 1 heterocycles. The molecule has 2 aromatic rings. The second-order valence-electron chi connectivity index (χ2n) is 5.01. The van der Waals surface area contributed by atoms with E-state index in [1.165, 1.54) is 0 Å². The summed E-state index contributed by atoms with van der Waals surface area (Å²) in [5, 5.41) is 0.677. The molecule has 0 unspecified atom stereocenters. The van der Waals surface area contributed by atoms with E-state index in [-0.39, 0.29) is 11.9 Å². The average Bonchev–Trinajstić information content (AvgIpc) is 2.83. The van der Waals surface area contributed by atoms with Gasteiger partial charge in [-0.25, -0.2) is 4.98 Å². The molecule has 20 heavy (non-hydrogen) atoms. The van der Waals surface area contributed by atoms with Gasteiger partial charge in [-0.2, -0.15) is 0 Å². The number of halogens is 1. The van der Waals surface area contributed by atoms with Crippen molar-refractivity contribution in [2.75, 3.05) is 0 Å². The van der Waals surface area contributed by atoms with Gasteiger partial charge in [0.15, 0.2) is 0 Å². The summed E-state index contributed by atoms with van der Waals surface area (Å²) in [6, 6.07) is 7.66. The third-order valence-corrected chi connectivity index (χ3v) is 3.59. The van der Waals surface area contributed by atoms with Crippen molar-refractivity contribution in [3.05, 3.63) is 53.1 Å². The largest absolute Gasteiger partial charge is 0.331 e. The van der Waals surface area contributed by atoms with Crippen molar-refractivity contribution < 1.29 is 4.79 Å². The minimum Gasteiger partial charge on any atom is -0.331 e. The minimum absolute atomic E-state index is 0.0417. The number of rotatable bonds is 4. The molecular formula is C15H18ClN3O. The summed E-state index contributed by atoms with van der Waals surface area (Å²) in [5.41, 5.74) is 1.52. The molecule has 0 radical (unpaired) electrons. The van der Waals surface area contributed by atoms with Crippen LogP contribution in [-0.2, 0) is 13.6 Å². The molecule has 2 rings (SSSR count). The molecule has 0 saturated carbocycles. The van der Waals surface area contributed by atoms with Crippen LogP contribution in [0.3, 0.4) is 0 Å². The van der Waals surface area contributed by atoms with Gasteiger partial charge in [-0.3, -0.25) is 4.79 Å². The van der Waals surface area contributed by atoms with Gasteiger partial charge in [0.2, 0.25) is 0 Å². The van der Waals surface area contributed by atoms with Crippen molar-refractivity contribution in [3.63, 3.8) is 0 Å². The lowest BCUT2D eigenvalue weighted by Gasteiger charge is -2.27. The predicted octanol–water partition coefficient (Wildman–Crippen LogP) is 3.12. The molecule has 4 nitrogen and oxygen atoms in total. The molecule has 106 valence electrons. The molecule has 1 amide bonds. The summed E-state index contributed by atoms with van der Waals surface area (Å²) < 4.78 is 1.73. The second-order valence-corrected chi connectivity index (χ2v) is 5.42. The minimum atomic E-state index is -0.0417. The SMILES string of the molecule is CC(C)N(Cc1ccccc1Cl)C(=O)c1cncn1C. The van der Waals surface area contributed by atoms with Crippen LogP contribution < -0.4 is 0 Å². The standard InChI is InChI=1S/C15H18ClN3O/c1-11(2)19(9-12-6-4-5-7-13(12)16)15(20)14-8-17-10-18(14)3/h4-8,10-11H,9H2,1-3H3. The van der Waals surface area contributed by atoms with Crippen molar-refractivity contribution in [2.45, 2.75) is 26.4 Å². The fraction of sp³-hybridized carbons (Fsp3) is 0.333. The summed E-state index contributed by atoms with van der Waals surface area (Å²) in [5.74, 6) is -0.0417. The van der Waals surface area contributed by atoms with Crippen molar-refractivity contribution in [3.8, 4) is 0 Å². The average molecular weight is 292 g/mol. The Morgan fingerprint density at radius 2 is 2.10 bits per heavy atom. The number of aromatic nitrogens is 2. The van der Waals surface area contributed by atoms with Crippen LogP contribution in [0.4, 0.5) is 0 Å². The van der Waals surface area contributed by atoms with E-state index in [9.17, 15) is 4.79 Å². The normalized spacial score (nSPS) is 10.8. The van der Waals surface area contributed by atoms with Gasteiger partial charge in [0.25, 0.3) is 5.91 Å². The zero-order valence-corrected chi connectivity index (χ0v) is 12.6. The molecule has 0 atom stereocenters. The van der Waals surface area contributed by atoms with Crippen LogP contribution in [0.25, 0.3) is 0 Å². The molecule has 5 heteroatoms. The van der Waals surface area contributed by atoms with Gasteiger partial charge in [-0.1, -0.05) is 29.8 Å². The van der Waals surface area contributed by atoms with E-state index in [1.54, 1.807) is 22.0 Å². The Kier molecular flexibility index (Phi) is 4.45. The number of hydrogen-bond acceptors (Lipinski definition) is 2. The van der Waals surface area contributed by atoms with E-state index < -0.39 is 0 Å². The van der Waals surface area contributed by atoms with E-state index in [0.29, 0.717) is 17.3 Å². The zero-order chi connectivity index (χ0) is 14.7. The highest BCUT2D eigenvalue weighted by Gasteiger charge is 2.22. The van der Waals surface area contributed by atoms with Crippen molar-refractivity contribution in [1.82, 2.24) is 14.5 Å². The van der Waals surface area contributed by atoms with E-state index in [1.807, 2.05) is 45.2 Å². The molecular weight excluding hydrogens is 274 g/mol. The van der Waals surface area contributed by atoms with E-state index in [2.05, 4.69) is 4.98 Å². The lowest BCUT2D eigenvalue weighted by Crippen LogP contribution is -2.37. The van der Waals surface area contributed by atoms with Gasteiger partial charge in [0.05, 0.1) is 12.5 Å². The highest BCUT2D eigenvalue weighted by Crippen LogP contribution is 2.19. The Morgan fingerprint density at radius 3 is 2.65 bits per heavy atom. The molecule has 0 saturated heterocycles. The van der Waals surface area contributed by atoms with Gasteiger partial charge in [-0.05, 0) is 25.5 Å². The van der Waals surface area contributed by atoms with Crippen LogP contribution in [0.1, 0.15) is 29.9 Å². The van der Waals surface area contributed by atoms with Crippen molar-refractivity contribution in [1.29, 1.82) is 0 Å². The predicted molar refractivity (Wildman–Crippen MR) is 79.7 cm³/mol. The van der Waals surface area contributed by atoms with Crippen LogP contribution in [0, 0.1) is 0 Å². The maximum absolute atomic E-state index is 12.6. The maximum Gasteiger partial charge on any atom is 0.272 e. The Hall–Kier alpha value is -1.81. The third-order valence-electron chi connectivity index (χ3n) is 3.22. The van der Waals surface area contributed by atoms with Crippen LogP contribution in [-0.4, -0.2) is 26.4 Å². The first kappa shape index (κ1) is 14.6. The number of hydrogen-bond donors (Lipinski definition) is 0. The molecule has 0 N–H and O–H groups in total. The number of benzene rings is 1. The smallest absolute Gasteiger partial charge is 0.272 e. The quantitative estimate of drug-likeness (QED) is 0.868. The number of imidazole rings is 1. The maximum atomic E-state index is 12.6. The molecule has 0 spiro atoms. The summed E-state index contributed by atoms with van der Waals surface area (Å²) in [7, 11) is 1.81. The lowest BCUT2D eigenvalue weighted by atomic mass is 10.1. The van der Waals surface area contributed by atoms with Gasteiger partial charge in [0, 0.05) is 24.7 Å². The first-order valence-corrected chi connectivity index (χ1v) is 6.89. The third kappa shape index (κ3) is 3.02. The van der Waals surface area contributed by atoms with Crippen LogP contribution in [0.2, 0.25) is 5.02 Å². The highest BCUT2D eigenvalue weighted by molar-refractivity contribution is 6.31. The van der Waals surface area contributed by atoms with Gasteiger partial charge in [-0.15, -0.1) is 0 Å². The second kappa shape index (κ2) is 6.09. The number of carbonyl (C=O) groups excluding carboxylic acids is 1. The fourth-order valence-corrected chi connectivity index (χ4v) is 2.20. The molecule has 0 fully saturated rings. The molecule has 1 aromatic carbocycles. The number of carbonyl (C=O) groups is 1. The highest BCUT2D eigenvalue weighted by atomic mass is 35.5. The summed E-state index contributed by atoms with van der Waals surface area (Å²) in [6.45, 7) is 4.47. The van der Waals surface area contributed by atoms with Gasteiger partial charge >= 0.3 is 0 Å². The fourth-order valence-electron chi connectivity index (χ4n) is 2.01. The summed E-state index contributed by atoms with van der Waals surface area (Å²) >= 11 is 6.18. The number of aryl methyl sites for hydroxylation is 1. The van der Waals surface area contributed by atoms with Gasteiger partial charge < -0.3 is 9.47 Å². The van der Waals surface area contributed by atoms with E-state index in [0.717, 1.165) is 5.56 Å². The zero-order valence-electron chi connectivity index (χ0n) is 11.9. The monoisotopic (exact) mass is 291 g/mol. The molecule has 0 aliphatic rings. The van der Waals surface area contributed by atoms with Gasteiger partial charge in [0.1, 0.15) is 5.69 Å². The number of nitrogens with zero attached hydrogens (tertiary/aromatic N) is 3. The Morgan fingerprint density at radius 1 is 1.40 bits per heavy atom. The van der Waals surface area contributed by atoms with Crippen LogP contribution in [0.5, 0.6) is 0 Å². The Balaban J connectivity index is 2.27. The van der Waals surface area contributed by atoms with Crippen LogP contribution in [0.15, 0.2) is 36.8 Å². The van der Waals surface area contributed by atoms with Crippen LogP contribution >= 0.6 is 11.6 Å². The molecule has 0 aliphatic carbocycles. The van der Waals surface area contributed by atoms with E-state index >= 15 is 0 Å². The van der Waals surface area contributed by atoms with Crippen molar-refractivity contribution >= 4 is 17.5 Å². The van der Waals surface area contributed by atoms with Crippen molar-refractivity contribution in [2.24, 2.45) is 7.05 Å². The lowest BCUT2D eigenvalue weighted by molar-refractivity contribution is 0.0680. The molecule has 0 bridgehead atoms. The number of amides is 1. The Labute approximate surface area is 124 Å². The topological polar surface area (TPSA) is 38.1 Å².